The maximum atomic E-state index is 12.8. The van der Waals surface area contributed by atoms with Gasteiger partial charge in [0.1, 0.15) is 5.82 Å². The fourth-order valence-corrected chi connectivity index (χ4v) is 3.23. The topological polar surface area (TPSA) is 60.9 Å². The first-order valence-electron chi connectivity index (χ1n) is 8.19. The highest BCUT2D eigenvalue weighted by atomic mass is 16.1. The minimum absolute atomic E-state index is 0.0181. The van der Waals surface area contributed by atoms with Gasteiger partial charge in [-0.05, 0) is 55.2 Å². The average molecular weight is 317 g/mol. The molecule has 0 spiro atoms. The van der Waals surface area contributed by atoms with Crippen LogP contribution in [0, 0.1) is 6.92 Å². The van der Waals surface area contributed by atoms with Crippen LogP contribution in [-0.4, -0.2) is 9.55 Å². The zero-order valence-electron chi connectivity index (χ0n) is 13.6. The normalized spacial score (nSPS) is 15.6. The molecule has 2 heterocycles. The Labute approximate surface area is 140 Å². The largest absolute Gasteiger partial charge is 0.399 e. The highest BCUT2D eigenvalue weighted by Crippen LogP contribution is 2.27. The number of fused-ring (bicyclic) bond motifs is 2. The minimum atomic E-state index is 0.0181. The van der Waals surface area contributed by atoms with Crippen LogP contribution in [0.15, 0.2) is 47.3 Å². The molecule has 0 amide bonds. The molecule has 120 valence electrons. The first-order valence-corrected chi connectivity index (χ1v) is 8.19. The van der Waals surface area contributed by atoms with E-state index in [0.29, 0.717) is 23.1 Å². The fourth-order valence-electron chi connectivity index (χ4n) is 3.23. The summed E-state index contributed by atoms with van der Waals surface area (Å²) in [4.78, 5) is 17.5. The number of aryl methyl sites for hydroxylation is 1. The van der Waals surface area contributed by atoms with Gasteiger partial charge in [-0.2, -0.15) is 0 Å². The molecular weight excluding hydrogens is 298 g/mol. The zero-order chi connectivity index (χ0) is 16.7. The Hall–Kier alpha value is -2.88. The Morgan fingerprint density at radius 2 is 1.96 bits per heavy atom. The van der Waals surface area contributed by atoms with E-state index in [-0.39, 0.29) is 5.56 Å². The lowest BCUT2D eigenvalue weighted by molar-refractivity contribution is 0.587. The molecular formula is C20H19N3O. The Morgan fingerprint density at radius 3 is 2.75 bits per heavy atom. The molecule has 4 nitrogen and oxygen atoms in total. The molecule has 0 radical (unpaired) electrons. The Kier molecular flexibility index (Phi) is 3.45. The van der Waals surface area contributed by atoms with Crippen molar-refractivity contribution >= 4 is 28.2 Å². The molecule has 0 fully saturated rings. The lowest BCUT2D eigenvalue weighted by Gasteiger charge is -2.21. The van der Waals surface area contributed by atoms with Crippen LogP contribution in [0.5, 0.6) is 0 Å². The smallest absolute Gasteiger partial charge is 0.261 e. The van der Waals surface area contributed by atoms with Gasteiger partial charge in [-0.25, -0.2) is 4.98 Å². The van der Waals surface area contributed by atoms with Crippen molar-refractivity contribution in [2.24, 2.45) is 0 Å². The number of allylic oxidation sites excluding steroid dienone is 1. The summed E-state index contributed by atoms with van der Waals surface area (Å²) in [6, 6.07) is 13.7. The molecule has 1 aliphatic rings. The van der Waals surface area contributed by atoms with E-state index in [1.807, 2.05) is 0 Å². The van der Waals surface area contributed by atoms with Crippen LogP contribution < -0.4 is 11.3 Å². The van der Waals surface area contributed by atoms with E-state index >= 15 is 0 Å². The molecule has 2 aromatic carbocycles. The fraction of sp³-hybridized carbons (Fsp3) is 0.200. The van der Waals surface area contributed by atoms with Crippen molar-refractivity contribution in [1.29, 1.82) is 0 Å². The molecule has 0 aliphatic carbocycles. The third-order valence-corrected chi connectivity index (χ3v) is 4.51. The predicted molar refractivity (Wildman–Crippen MR) is 98.7 cm³/mol. The van der Waals surface area contributed by atoms with Crippen molar-refractivity contribution in [1.82, 2.24) is 9.55 Å². The van der Waals surface area contributed by atoms with Crippen LogP contribution in [-0.2, 0) is 6.54 Å². The summed E-state index contributed by atoms with van der Waals surface area (Å²) in [6.45, 7) is 2.79. The molecule has 24 heavy (non-hydrogen) atoms. The second kappa shape index (κ2) is 5.64. The van der Waals surface area contributed by atoms with E-state index in [1.54, 1.807) is 22.8 Å². The lowest BCUT2D eigenvalue weighted by atomic mass is 10.0. The van der Waals surface area contributed by atoms with Gasteiger partial charge in [-0.3, -0.25) is 9.36 Å². The summed E-state index contributed by atoms with van der Waals surface area (Å²) in [6.07, 6.45) is 4.01. The summed E-state index contributed by atoms with van der Waals surface area (Å²) in [5.41, 5.74) is 10.6. The predicted octanol–water partition coefficient (Wildman–Crippen LogP) is 3.62. The second-order valence-electron chi connectivity index (χ2n) is 6.35. The minimum Gasteiger partial charge on any atom is -0.399 e. The van der Waals surface area contributed by atoms with Crippen molar-refractivity contribution in [3.8, 4) is 0 Å². The van der Waals surface area contributed by atoms with Crippen molar-refractivity contribution in [3.05, 3.63) is 69.8 Å². The van der Waals surface area contributed by atoms with Gasteiger partial charge in [-0.15, -0.1) is 0 Å². The molecule has 3 aromatic rings. The van der Waals surface area contributed by atoms with E-state index in [2.05, 4.69) is 37.3 Å². The van der Waals surface area contributed by atoms with Gasteiger partial charge in [0.25, 0.3) is 5.56 Å². The molecule has 0 unspecified atom stereocenters. The van der Waals surface area contributed by atoms with Crippen molar-refractivity contribution in [2.75, 3.05) is 5.73 Å². The average Bonchev–Trinajstić information content (AvgIpc) is 2.57. The number of benzene rings is 2. The number of anilines is 1. The van der Waals surface area contributed by atoms with Gasteiger partial charge in [0.2, 0.25) is 0 Å². The summed E-state index contributed by atoms with van der Waals surface area (Å²) in [5, 5.41) is 0.629. The van der Waals surface area contributed by atoms with Crippen molar-refractivity contribution in [2.45, 2.75) is 26.3 Å². The highest BCUT2D eigenvalue weighted by Gasteiger charge is 2.18. The lowest BCUT2D eigenvalue weighted by Crippen LogP contribution is -2.27. The maximum absolute atomic E-state index is 12.8. The SMILES string of the molecule is Cc1ccc(/C=C2\CCCn3c2nc2cc(N)ccc2c3=O)cc1. The quantitative estimate of drug-likeness (QED) is 0.697. The van der Waals surface area contributed by atoms with Crippen LogP contribution >= 0.6 is 0 Å². The van der Waals surface area contributed by atoms with Crippen LogP contribution in [0.1, 0.15) is 29.8 Å². The summed E-state index contributed by atoms with van der Waals surface area (Å²) >= 11 is 0. The van der Waals surface area contributed by atoms with Gasteiger partial charge >= 0.3 is 0 Å². The van der Waals surface area contributed by atoms with Gasteiger partial charge in [0, 0.05) is 12.2 Å². The Morgan fingerprint density at radius 1 is 1.17 bits per heavy atom. The zero-order valence-corrected chi connectivity index (χ0v) is 13.6. The number of nitrogens with two attached hydrogens (primary N) is 1. The van der Waals surface area contributed by atoms with E-state index < -0.39 is 0 Å². The number of nitrogen functional groups attached to an aromatic ring is 1. The highest BCUT2D eigenvalue weighted by molar-refractivity contribution is 5.85. The summed E-state index contributed by atoms with van der Waals surface area (Å²) < 4.78 is 1.79. The number of hydrogen-bond acceptors (Lipinski definition) is 3. The number of hydrogen-bond donors (Lipinski definition) is 1. The molecule has 1 aliphatic heterocycles. The van der Waals surface area contributed by atoms with Crippen LogP contribution in [0.3, 0.4) is 0 Å². The van der Waals surface area contributed by atoms with Gasteiger partial charge in [-0.1, -0.05) is 29.8 Å². The Bertz CT molecular complexity index is 1010. The molecule has 0 saturated heterocycles. The molecule has 0 saturated carbocycles. The van der Waals surface area contributed by atoms with E-state index in [0.717, 1.165) is 29.8 Å². The molecule has 4 heteroatoms. The molecule has 2 N–H and O–H groups in total. The first-order chi connectivity index (χ1) is 11.6. The van der Waals surface area contributed by atoms with Gasteiger partial charge in [0.05, 0.1) is 10.9 Å². The number of rotatable bonds is 1. The van der Waals surface area contributed by atoms with Crippen molar-refractivity contribution < 1.29 is 0 Å². The van der Waals surface area contributed by atoms with Crippen molar-refractivity contribution in [3.63, 3.8) is 0 Å². The summed E-state index contributed by atoms with van der Waals surface area (Å²) in [7, 11) is 0. The van der Waals surface area contributed by atoms with Gasteiger partial charge in [0.15, 0.2) is 0 Å². The third kappa shape index (κ3) is 2.50. The van der Waals surface area contributed by atoms with E-state index in [1.165, 1.54) is 5.56 Å². The van der Waals surface area contributed by atoms with Crippen LogP contribution in [0.25, 0.3) is 22.6 Å². The van der Waals surface area contributed by atoms with Gasteiger partial charge < -0.3 is 5.73 Å². The van der Waals surface area contributed by atoms with Crippen LogP contribution in [0.4, 0.5) is 5.69 Å². The molecule has 0 atom stereocenters. The molecule has 1 aromatic heterocycles. The third-order valence-electron chi connectivity index (χ3n) is 4.51. The molecule has 0 bridgehead atoms. The van der Waals surface area contributed by atoms with E-state index in [4.69, 9.17) is 10.7 Å². The summed E-state index contributed by atoms with van der Waals surface area (Å²) in [5.74, 6) is 0.768. The van der Waals surface area contributed by atoms with E-state index in [9.17, 15) is 4.79 Å². The van der Waals surface area contributed by atoms with Crippen LogP contribution in [0.2, 0.25) is 0 Å². The maximum Gasteiger partial charge on any atom is 0.261 e. The number of nitrogens with zero attached hydrogens (tertiary/aromatic N) is 2. The second-order valence-corrected chi connectivity index (χ2v) is 6.35. The monoisotopic (exact) mass is 317 g/mol. The molecule has 4 rings (SSSR count). The standard InChI is InChI=1S/C20H19N3O/c1-13-4-6-14(7-5-13)11-15-3-2-10-23-19(15)22-18-12-16(21)8-9-17(18)20(23)24/h4-9,11-12H,2-3,10,21H2,1H3/b15-11+. The number of aromatic nitrogens is 2. The Balaban J connectivity index is 1.92. The first kappa shape index (κ1) is 14.7.